The van der Waals surface area contributed by atoms with Gasteiger partial charge in [0, 0.05) is 22.3 Å². The summed E-state index contributed by atoms with van der Waals surface area (Å²) in [5.41, 5.74) is 4.26. The Labute approximate surface area is 192 Å². The van der Waals surface area contributed by atoms with Crippen LogP contribution in [0.3, 0.4) is 0 Å². The summed E-state index contributed by atoms with van der Waals surface area (Å²) in [5, 5.41) is 2.05. The van der Waals surface area contributed by atoms with Crippen LogP contribution >= 0.6 is 11.3 Å². The Morgan fingerprint density at radius 1 is 0.844 bits per heavy atom. The first-order valence-electron chi connectivity index (χ1n) is 10.8. The number of aryl methyl sites for hydroxylation is 1. The van der Waals surface area contributed by atoms with E-state index in [2.05, 4.69) is 37.3 Å². The van der Waals surface area contributed by atoms with Gasteiger partial charge in [0.25, 0.3) is 0 Å². The van der Waals surface area contributed by atoms with Gasteiger partial charge in [-0.2, -0.15) is 0 Å². The normalized spacial score (nSPS) is 11.2. The van der Waals surface area contributed by atoms with E-state index in [1.165, 1.54) is 22.6 Å². The molecule has 4 rings (SSSR count). The quantitative estimate of drug-likeness (QED) is 0.261. The highest BCUT2D eigenvalue weighted by Gasteiger charge is 2.17. The van der Waals surface area contributed by atoms with Crippen LogP contribution in [0.5, 0.6) is 0 Å². The van der Waals surface area contributed by atoms with Gasteiger partial charge in [-0.05, 0) is 77.9 Å². The van der Waals surface area contributed by atoms with E-state index in [4.69, 9.17) is 0 Å². The first-order valence-corrected chi connectivity index (χ1v) is 11.7. The highest BCUT2D eigenvalue weighted by Crippen LogP contribution is 2.36. The van der Waals surface area contributed by atoms with Crippen LogP contribution in [-0.4, -0.2) is 0 Å². The molecule has 0 radical (unpaired) electrons. The van der Waals surface area contributed by atoms with Crippen molar-refractivity contribution in [1.82, 2.24) is 0 Å². The molecule has 0 bridgehead atoms. The lowest BCUT2D eigenvalue weighted by molar-refractivity contribution is 0.584. The topological polar surface area (TPSA) is 3.24 Å². The summed E-state index contributed by atoms with van der Waals surface area (Å²) in [4.78, 5) is 3.01. The van der Waals surface area contributed by atoms with E-state index in [-0.39, 0.29) is 0 Å². The molecule has 0 saturated carbocycles. The first-order chi connectivity index (χ1) is 15.6. The predicted octanol–water partition coefficient (Wildman–Crippen LogP) is 9.01. The van der Waals surface area contributed by atoms with E-state index < -0.39 is 11.6 Å². The van der Waals surface area contributed by atoms with Gasteiger partial charge in [-0.25, -0.2) is 8.78 Å². The van der Waals surface area contributed by atoms with Gasteiger partial charge < -0.3 is 4.90 Å². The van der Waals surface area contributed by atoms with Crippen LogP contribution in [0.1, 0.15) is 35.8 Å². The van der Waals surface area contributed by atoms with E-state index >= 15 is 0 Å². The number of unbranched alkanes of at least 4 members (excludes halogenated alkanes) is 1. The van der Waals surface area contributed by atoms with Gasteiger partial charge >= 0.3 is 0 Å². The van der Waals surface area contributed by atoms with Gasteiger partial charge in [0.1, 0.15) is 11.6 Å². The number of anilines is 3. The average molecular weight is 446 g/mol. The molecule has 0 amide bonds. The first kappa shape index (κ1) is 22.0. The second-order valence-electron chi connectivity index (χ2n) is 7.64. The summed E-state index contributed by atoms with van der Waals surface area (Å²) in [6.07, 6.45) is 7.43. The van der Waals surface area contributed by atoms with Gasteiger partial charge in [-0.15, -0.1) is 11.3 Å². The lowest BCUT2D eigenvalue weighted by Gasteiger charge is -2.26. The molecule has 32 heavy (non-hydrogen) atoms. The van der Waals surface area contributed by atoms with Gasteiger partial charge in [0.05, 0.1) is 5.69 Å². The minimum absolute atomic E-state index is 0.314. The van der Waals surface area contributed by atoms with Crippen molar-refractivity contribution in [3.8, 4) is 0 Å². The lowest BCUT2D eigenvalue weighted by Crippen LogP contribution is -2.12. The van der Waals surface area contributed by atoms with Crippen molar-refractivity contribution in [2.24, 2.45) is 0 Å². The molecule has 0 N–H and O–H groups in total. The molecule has 0 spiro atoms. The van der Waals surface area contributed by atoms with Crippen molar-refractivity contribution in [2.75, 3.05) is 4.90 Å². The Morgan fingerprint density at radius 3 is 2.19 bits per heavy atom. The second kappa shape index (κ2) is 10.4. The van der Waals surface area contributed by atoms with Gasteiger partial charge in [-0.1, -0.05) is 49.8 Å². The lowest BCUT2D eigenvalue weighted by atomic mass is 10.1. The molecule has 0 unspecified atom stereocenters. The third-order valence-corrected chi connectivity index (χ3v) is 6.14. The van der Waals surface area contributed by atoms with Crippen LogP contribution in [-0.2, 0) is 6.42 Å². The van der Waals surface area contributed by atoms with Crippen molar-refractivity contribution < 1.29 is 8.78 Å². The minimum atomic E-state index is -0.596. The smallest absolute Gasteiger partial charge is 0.150 e. The SMILES string of the molecule is CCCCc1ccc(N(c2ccc(/C=C/c3cccs3)cc2)c2ccc(F)cc2F)cc1. The van der Waals surface area contributed by atoms with E-state index in [1.54, 1.807) is 11.3 Å². The van der Waals surface area contributed by atoms with Gasteiger partial charge in [-0.3, -0.25) is 0 Å². The molecule has 1 aromatic heterocycles. The summed E-state index contributed by atoms with van der Waals surface area (Å²) in [7, 11) is 0. The van der Waals surface area contributed by atoms with Gasteiger partial charge in [0.15, 0.2) is 0 Å². The molecule has 4 aromatic rings. The number of thiophene rings is 1. The van der Waals surface area contributed by atoms with Crippen LogP contribution < -0.4 is 4.90 Å². The van der Waals surface area contributed by atoms with Crippen LogP contribution in [0.25, 0.3) is 12.2 Å². The van der Waals surface area contributed by atoms with Crippen LogP contribution in [0.15, 0.2) is 84.2 Å². The fourth-order valence-electron chi connectivity index (χ4n) is 3.58. The molecule has 0 aliphatic carbocycles. The summed E-state index contributed by atoms with van der Waals surface area (Å²) >= 11 is 1.69. The predicted molar refractivity (Wildman–Crippen MR) is 133 cm³/mol. The van der Waals surface area contributed by atoms with Crippen molar-refractivity contribution >= 4 is 40.6 Å². The second-order valence-corrected chi connectivity index (χ2v) is 8.62. The molecule has 1 heterocycles. The van der Waals surface area contributed by atoms with E-state index in [0.29, 0.717) is 5.69 Å². The number of rotatable bonds is 8. The summed E-state index contributed by atoms with van der Waals surface area (Å²) in [6, 6.07) is 23.9. The zero-order chi connectivity index (χ0) is 22.3. The Kier molecular flexibility index (Phi) is 7.13. The van der Waals surface area contributed by atoms with Crippen molar-refractivity contribution in [2.45, 2.75) is 26.2 Å². The van der Waals surface area contributed by atoms with Crippen LogP contribution in [0, 0.1) is 11.6 Å². The van der Waals surface area contributed by atoms with Crippen LogP contribution in [0.2, 0.25) is 0 Å². The number of benzene rings is 3. The molecule has 0 atom stereocenters. The molecule has 0 aliphatic heterocycles. The Hall–Kier alpha value is -3.24. The maximum atomic E-state index is 14.8. The van der Waals surface area contributed by atoms with E-state index in [1.807, 2.05) is 52.7 Å². The van der Waals surface area contributed by atoms with Crippen molar-refractivity contribution in [1.29, 1.82) is 0 Å². The summed E-state index contributed by atoms with van der Waals surface area (Å²) in [6.45, 7) is 2.17. The number of hydrogen-bond acceptors (Lipinski definition) is 2. The summed E-state index contributed by atoms with van der Waals surface area (Å²) in [5.74, 6) is -1.18. The molecule has 162 valence electrons. The largest absolute Gasteiger partial charge is 0.308 e. The zero-order valence-electron chi connectivity index (χ0n) is 18.0. The Balaban J connectivity index is 1.67. The maximum absolute atomic E-state index is 14.8. The fraction of sp³-hybridized carbons (Fsp3) is 0.143. The molecule has 4 heteroatoms. The summed E-state index contributed by atoms with van der Waals surface area (Å²) < 4.78 is 28.4. The fourth-order valence-corrected chi connectivity index (χ4v) is 4.20. The molecule has 0 fully saturated rings. The van der Waals surface area contributed by atoms with Crippen LogP contribution in [0.4, 0.5) is 25.8 Å². The van der Waals surface area contributed by atoms with Crippen molar-refractivity contribution in [3.05, 3.63) is 112 Å². The van der Waals surface area contributed by atoms with Crippen molar-refractivity contribution in [3.63, 3.8) is 0 Å². The Morgan fingerprint density at radius 2 is 1.56 bits per heavy atom. The molecule has 0 saturated heterocycles. The highest BCUT2D eigenvalue weighted by atomic mass is 32.1. The average Bonchev–Trinajstić information content (AvgIpc) is 3.33. The third-order valence-electron chi connectivity index (χ3n) is 5.30. The monoisotopic (exact) mass is 445 g/mol. The molecule has 3 aromatic carbocycles. The number of nitrogens with zero attached hydrogens (tertiary/aromatic N) is 1. The highest BCUT2D eigenvalue weighted by molar-refractivity contribution is 7.10. The minimum Gasteiger partial charge on any atom is -0.308 e. The number of hydrogen-bond donors (Lipinski definition) is 0. The number of halogens is 2. The standard InChI is InChI=1S/C28H25F2NS/c1-2-3-5-21-7-13-24(14-8-21)31(28-18-12-23(29)20-27(28)30)25-15-9-22(10-16-25)11-17-26-6-4-19-32-26/h4,6-20H,2-3,5H2,1H3/b17-11+. The molecular formula is C28H25F2NS. The van der Waals surface area contributed by atoms with E-state index in [0.717, 1.165) is 42.3 Å². The molecule has 1 nitrogen and oxygen atoms in total. The molecular weight excluding hydrogens is 420 g/mol. The zero-order valence-corrected chi connectivity index (χ0v) is 18.8. The van der Waals surface area contributed by atoms with Gasteiger partial charge in [0.2, 0.25) is 0 Å². The van der Waals surface area contributed by atoms with E-state index in [9.17, 15) is 8.78 Å². The molecule has 0 aliphatic rings. The third kappa shape index (κ3) is 5.32. The maximum Gasteiger partial charge on any atom is 0.150 e. The Bertz CT molecular complexity index is 1160.